The molecule has 0 aliphatic rings. The summed E-state index contributed by atoms with van der Waals surface area (Å²) in [7, 11) is 0. The molecule has 0 bridgehead atoms. The first kappa shape index (κ1) is 25.9. The number of hydrogen-bond donors (Lipinski definition) is 3. The monoisotopic (exact) mass is 436 g/mol. The van der Waals surface area contributed by atoms with Crippen molar-refractivity contribution >= 4 is 12.2 Å². The van der Waals surface area contributed by atoms with Crippen LogP contribution in [0.3, 0.4) is 0 Å². The normalized spacial score (nSPS) is 13.2. The lowest BCUT2D eigenvalue weighted by atomic mass is 10.1. The highest BCUT2D eigenvalue weighted by Crippen LogP contribution is 2.50. The molecule has 0 heterocycles. The van der Waals surface area contributed by atoms with Crippen LogP contribution in [0.1, 0.15) is 32.1 Å². The van der Waals surface area contributed by atoms with Gasteiger partial charge in [0, 0.05) is 13.1 Å². The Labute approximate surface area is 152 Å². The molecule has 0 saturated heterocycles. The minimum atomic E-state index is -6.61. The molecule has 15 heteroatoms. The SMILES string of the molecule is O=C(O)NCCCCCCNC(=O)OC(F)(F)C(F)(F)C(F)(F)CC(F)(F)F. The van der Waals surface area contributed by atoms with E-state index in [1.165, 1.54) is 0 Å². The van der Waals surface area contributed by atoms with Gasteiger partial charge in [-0.2, -0.15) is 39.5 Å². The molecule has 0 aromatic carbocycles. The molecule has 0 aromatic heterocycles. The molecule has 0 aliphatic carbocycles. The van der Waals surface area contributed by atoms with Crippen LogP contribution in [0.4, 0.5) is 49.1 Å². The van der Waals surface area contributed by atoms with Crippen molar-refractivity contribution in [2.45, 2.75) is 56.2 Å². The first-order valence-corrected chi connectivity index (χ1v) is 7.66. The number of nitrogens with one attached hydrogen (secondary N) is 2. The lowest BCUT2D eigenvalue weighted by molar-refractivity contribution is -0.390. The summed E-state index contributed by atoms with van der Waals surface area (Å²) in [5.41, 5.74) is 0. The summed E-state index contributed by atoms with van der Waals surface area (Å²) in [6, 6.07) is 0. The van der Waals surface area contributed by atoms with E-state index in [1.54, 1.807) is 5.32 Å². The van der Waals surface area contributed by atoms with Gasteiger partial charge in [0.05, 0.1) is 0 Å². The van der Waals surface area contributed by atoms with Gasteiger partial charge in [0.15, 0.2) is 0 Å². The van der Waals surface area contributed by atoms with E-state index < -0.39 is 42.7 Å². The molecule has 0 atom stereocenters. The summed E-state index contributed by atoms with van der Waals surface area (Å²) >= 11 is 0. The summed E-state index contributed by atoms with van der Waals surface area (Å²) in [5, 5.41) is 11.9. The van der Waals surface area contributed by atoms with Gasteiger partial charge in [0.1, 0.15) is 6.42 Å². The maximum absolute atomic E-state index is 13.2. The third kappa shape index (κ3) is 8.73. The van der Waals surface area contributed by atoms with Crippen LogP contribution in [-0.2, 0) is 4.74 Å². The Morgan fingerprint density at radius 2 is 1.25 bits per heavy atom. The van der Waals surface area contributed by atoms with Gasteiger partial charge >= 0.3 is 36.3 Å². The van der Waals surface area contributed by atoms with Gasteiger partial charge in [-0.15, -0.1) is 0 Å². The molecule has 0 aromatic rings. The number of rotatable bonds is 11. The van der Waals surface area contributed by atoms with Crippen molar-refractivity contribution in [3.63, 3.8) is 0 Å². The van der Waals surface area contributed by atoms with Crippen molar-refractivity contribution in [3.05, 3.63) is 0 Å². The molecule has 2 amide bonds. The van der Waals surface area contributed by atoms with E-state index in [0.29, 0.717) is 19.3 Å². The smallest absolute Gasteiger partial charge is 0.465 e. The highest BCUT2D eigenvalue weighted by atomic mass is 19.4. The van der Waals surface area contributed by atoms with E-state index in [0.717, 1.165) is 0 Å². The molecule has 0 radical (unpaired) electrons. The van der Waals surface area contributed by atoms with Gasteiger partial charge in [-0.25, -0.2) is 9.59 Å². The van der Waals surface area contributed by atoms with Crippen LogP contribution >= 0.6 is 0 Å². The van der Waals surface area contributed by atoms with Crippen LogP contribution in [0, 0.1) is 0 Å². The Bertz CT molecular complexity index is 527. The van der Waals surface area contributed by atoms with Crippen molar-refractivity contribution in [1.82, 2.24) is 10.6 Å². The Balaban J connectivity index is 4.44. The zero-order valence-electron chi connectivity index (χ0n) is 14.0. The Morgan fingerprint density at radius 3 is 1.68 bits per heavy atom. The number of amides is 2. The molecule has 0 saturated carbocycles. The Morgan fingerprint density at radius 1 is 0.786 bits per heavy atom. The summed E-state index contributed by atoms with van der Waals surface area (Å²) in [6.45, 7) is -0.246. The first-order valence-electron chi connectivity index (χ1n) is 7.66. The molecule has 0 aliphatic heterocycles. The number of halogens is 9. The number of alkyl carbamates (subject to hydrolysis) is 1. The lowest BCUT2D eigenvalue weighted by Crippen LogP contribution is -2.58. The number of ether oxygens (including phenoxy) is 1. The van der Waals surface area contributed by atoms with E-state index in [4.69, 9.17) is 5.11 Å². The van der Waals surface area contributed by atoms with Crippen molar-refractivity contribution in [2.24, 2.45) is 0 Å². The zero-order chi connectivity index (χ0) is 22.2. The first-order chi connectivity index (χ1) is 12.5. The number of hydrogen-bond acceptors (Lipinski definition) is 3. The van der Waals surface area contributed by atoms with E-state index >= 15 is 0 Å². The highest BCUT2D eigenvalue weighted by Gasteiger charge is 2.76. The number of carbonyl (C=O) groups is 2. The van der Waals surface area contributed by atoms with E-state index in [-0.39, 0.29) is 19.5 Å². The molecule has 3 N–H and O–H groups in total. The van der Waals surface area contributed by atoms with Crippen LogP contribution < -0.4 is 10.6 Å². The fourth-order valence-electron chi connectivity index (χ4n) is 1.78. The largest absolute Gasteiger partial charge is 0.474 e. The number of carboxylic acid groups (broad SMARTS) is 1. The lowest BCUT2D eigenvalue weighted by Gasteiger charge is -2.31. The Hall–Kier alpha value is -2.09. The topological polar surface area (TPSA) is 87.7 Å². The standard InChI is InChI=1S/C13H17F9N2O4/c14-10(15,7-11(16,17)18)12(19,20)13(21,22)28-9(27)24-6-4-2-1-3-5-23-8(25)26/h23H,1-7H2,(H,24,27)(H,25,26). The minimum absolute atomic E-state index is 0.119. The van der Waals surface area contributed by atoms with Gasteiger partial charge < -0.3 is 20.5 Å². The summed E-state index contributed by atoms with van der Waals surface area (Å²) in [5.74, 6) is -12.8. The van der Waals surface area contributed by atoms with Crippen molar-refractivity contribution in [3.8, 4) is 0 Å². The number of carbonyl (C=O) groups excluding carboxylic acids is 1. The molecule has 166 valence electrons. The molecule has 0 fully saturated rings. The second-order valence-corrected chi connectivity index (χ2v) is 5.55. The summed E-state index contributed by atoms with van der Waals surface area (Å²) in [6.07, 6.45) is -17.7. The van der Waals surface area contributed by atoms with Crippen molar-refractivity contribution in [2.75, 3.05) is 13.1 Å². The highest BCUT2D eigenvalue weighted by molar-refractivity contribution is 5.67. The van der Waals surface area contributed by atoms with Gasteiger partial charge in [-0.3, -0.25) is 0 Å². The average Bonchev–Trinajstić information content (AvgIpc) is 2.46. The maximum atomic E-state index is 13.2. The summed E-state index contributed by atoms with van der Waals surface area (Å²) in [4.78, 5) is 21.2. The van der Waals surface area contributed by atoms with E-state index in [9.17, 15) is 49.1 Å². The zero-order valence-corrected chi connectivity index (χ0v) is 14.0. The van der Waals surface area contributed by atoms with Crippen LogP contribution in [0.15, 0.2) is 0 Å². The molecular weight excluding hydrogens is 419 g/mol. The second-order valence-electron chi connectivity index (χ2n) is 5.55. The number of unbranched alkanes of at least 4 members (excludes halogenated alkanes) is 3. The number of alkyl halides is 9. The van der Waals surface area contributed by atoms with Gasteiger partial charge in [0.2, 0.25) is 0 Å². The molecular formula is C13H17F9N2O4. The minimum Gasteiger partial charge on any atom is -0.465 e. The van der Waals surface area contributed by atoms with Gasteiger partial charge in [0.25, 0.3) is 0 Å². The van der Waals surface area contributed by atoms with Gasteiger partial charge in [-0.05, 0) is 12.8 Å². The third-order valence-corrected chi connectivity index (χ3v) is 3.12. The quantitative estimate of drug-likeness (QED) is 0.332. The van der Waals surface area contributed by atoms with E-state index in [1.807, 2.05) is 0 Å². The van der Waals surface area contributed by atoms with Gasteiger partial charge in [-0.1, -0.05) is 12.8 Å². The Kier molecular flexibility index (Phi) is 9.17. The molecule has 0 unspecified atom stereocenters. The molecule has 0 rings (SSSR count). The van der Waals surface area contributed by atoms with Crippen LogP contribution in [0.25, 0.3) is 0 Å². The molecule has 6 nitrogen and oxygen atoms in total. The van der Waals surface area contributed by atoms with Crippen LogP contribution in [-0.4, -0.2) is 54.5 Å². The predicted molar refractivity (Wildman–Crippen MR) is 74.5 cm³/mol. The predicted octanol–water partition coefficient (Wildman–Crippen LogP) is 4.36. The third-order valence-electron chi connectivity index (χ3n) is 3.12. The molecule has 28 heavy (non-hydrogen) atoms. The fraction of sp³-hybridized carbons (Fsp3) is 0.846. The summed E-state index contributed by atoms with van der Waals surface area (Å²) < 4.78 is 117. The van der Waals surface area contributed by atoms with E-state index in [2.05, 4.69) is 10.1 Å². The van der Waals surface area contributed by atoms with Crippen LogP contribution in [0.2, 0.25) is 0 Å². The van der Waals surface area contributed by atoms with Crippen molar-refractivity contribution < 1.29 is 58.9 Å². The average molecular weight is 436 g/mol. The maximum Gasteiger partial charge on any atom is 0.474 e. The fourth-order valence-corrected chi connectivity index (χ4v) is 1.78. The van der Waals surface area contributed by atoms with Crippen molar-refractivity contribution in [1.29, 1.82) is 0 Å². The molecule has 0 spiro atoms. The van der Waals surface area contributed by atoms with Crippen LogP contribution in [0.5, 0.6) is 0 Å². The second kappa shape index (κ2) is 9.91.